The third-order valence-corrected chi connectivity index (χ3v) is 9.88. The van der Waals surface area contributed by atoms with E-state index in [9.17, 15) is 39.3 Å². The normalized spacial score (nSPS) is 18.1. The van der Waals surface area contributed by atoms with Gasteiger partial charge < -0.3 is 31.2 Å². The number of carboxylic acid groups (broad SMARTS) is 2. The van der Waals surface area contributed by atoms with Gasteiger partial charge in [0, 0.05) is 16.9 Å². The summed E-state index contributed by atoms with van der Waals surface area (Å²) in [6.07, 6.45) is 1.11. The number of aromatic nitrogens is 4. The van der Waals surface area contributed by atoms with Crippen LogP contribution in [0.2, 0.25) is 0 Å². The molecule has 0 aromatic carbocycles. The smallest absolute Gasteiger partial charge is 0.352 e. The quantitative estimate of drug-likeness (QED) is 0.0226. The Morgan fingerprint density at radius 1 is 1.23 bits per heavy atom. The molecule has 9 N–H and O–H groups in total. The second-order valence-electron chi connectivity index (χ2n) is 10.3. The molecule has 3 aromatic heterocycles. The molecular weight excluding hydrogens is 681 g/mol. The van der Waals surface area contributed by atoms with Gasteiger partial charge in [0.15, 0.2) is 16.5 Å². The summed E-state index contributed by atoms with van der Waals surface area (Å²) in [5, 5.41) is 40.7. The van der Waals surface area contributed by atoms with Gasteiger partial charge in [-0.3, -0.25) is 24.7 Å². The van der Waals surface area contributed by atoms with Crippen molar-refractivity contribution in [3.8, 4) is 0 Å². The Hall–Kier alpha value is -4.77. The molecule has 5 rings (SSSR count). The third-order valence-electron chi connectivity index (χ3n) is 6.87. The number of nitrogen functional groups attached to an aromatic ring is 1. The van der Waals surface area contributed by atoms with E-state index in [2.05, 4.69) is 25.5 Å². The lowest BCUT2D eigenvalue weighted by Crippen LogP contribution is -2.71. The van der Waals surface area contributed by atoms with E-state index >= 15 is 0 Å². The number of carbonyl (C=O) groups excluding carboxylic acids is 3. The standard InChI is InChI=1S/C25H26N10O9S3/c1-25(2,23(43)32-27)44-33-14(12-8-47-24(26)29-12)18(37)31-15-19(38)34-16(22(41)42)9(7-46-20(15)34)6-45-13-3-10(5-36)35-17(30-13)11(4-28-35)21(39)40/h3-4,8,15,20,36H,5-7,27H2,1-2H3,(H2,26,29)(H,31,37)(H,32,43)(H,39,40)(H,41,42)/t15?,20-/m0/s1. The topological polar surface area (TPSA) is 290 Å². The zero-order valence-corrected chi connectivity index (χ0v) is 26.8. The number of thioether (sulfide) groups is 2. The van der Waals surface area contributed by atoms with Gasteiger partial charge in [0.2, 0.25) is 5.60 Å². The lowest BCUT2D eigenvalue weighted by molar-refractivity contribution is -0.150. The van der Waals surface area contributed by atoms with Crippen molar-refractivity contribution in [2.24, 2.45) is 11.0 Å². The van der Waals surface area contributed by atoms with Gasteiger partial charge in [-0.05, 0) is 25.5 Å². The average molecular weight is 707 g/mol. The molecule has 0 saturated carbocycles. The first-order chi connectivity index (χ1) is 22.3. The first-order valence-electron chi connectivity index (χ1n) is 13.3. The van der Waals surface area contributed by atoms with Crippen molar-refractivity contribution in [1.29, 1.82) is 0 Å². The Bertz CT molecular complexity index is 1870. The minimum Gasteiger partial charge on any atom is -0.477 e. The predicted molar refractivity (Wildman–Crippen MR) is 167 cm³/mol. The van der Waals surface area contributed by atoms with E-state index in [1.807, 2.05) is 5.43 Å². The molecule has 2 aliphatic heterocycles. The van der Waals surface area contributed by atoms with Crippen LogP contribution in [0.25, 0.3) is 5.65 Å². The molecule has 0 aliphatic carbocycles. The SMILES string of the molecule is CC(C)(ON=C(C(=O)NC1C(=O)N2C(C(=O)O)=C(CSc3cc(CO)n4ncc(C(=O)O)c4n3)CS[C@@H]12)c1csc(N)n1)C(=O)NN. The van der Waals surface area contributed by atoms with Crippen LogP contribution in [0, 0.1) is 0 Å². The summed E-state index contributed by atoms with van der Waals surface area (Å²) < 4.78 is 1.20. The minimum atomic E-state index is -1.59. The van der Waals surface area contributed by atoms with Gasteiger partial charge in [-0.2, -0.15) is 5.10 Å². The molecule has 3 aromatic rings. The van der Waals surface area contributed by atoms with Gasteiger partial charge in [-0.1, -0.05) is 5.16 Å². The Morgan fingerprint density at radius 2 is 1.98 bits per heavy atom. The van der Waals surface area contributed by atoms with E-state index in [1.165, 1.54) is 41.6 Å². The molecule has 1 unspecified atom stereocenters. The summed E-state index contributed by atoms with van der Waals surface area (Å²) in [5.74, 6) is 0.491. The van der Waals surface area contributed by atoms with Crippen LogP contribution in [0.1, 0.15) is 35.6 Å². The number of aromatic carboxylic acids is 1. The van der Waals surface area contributed by atoms with E-state index in [1.54, 1.807) is 0 Å². The maximum atomic E-state index is 13.4. The number of rotatable bonds is 12. The van der Waals surface area contributed by atoms with Crippen LogP contribution in [0.4, 0.5) is 5.13 Å². The highest BCUT2D eigenvalue weighted by Gasteiger charge is 2.54. The molecule has 22 heteroatoms. The van der Waals surface area contributed by atoms with Gasteiger partial charge >= 0.3 is 11.9 Å². The number of hydrogen-bond acceptors (Lipinski definition) is 16. The maximum Gasteiger partial charge on any atom is 0.352 e. The summed E-state index contributed by atoms with van der Waals surface area (Å²) in [7, 11) is 0. The van der Waals surface area contributed by atoms with Crippen LogP contribution in [0.15, 0.2) is 39.1 Å². The molecule has 47 heavy (non-hydrogen) atoms. The molecule has 5 heterocycles. The third kappa shape index (κ3) is 6.44. The number of hydrogen-bond donors (Lipinski definition) is 7. The minimum absolute atomic E-state index is 0.00781. The maximum absolute atomic E-state index is 13.4. The highest BCUT2D eigenvalue weighted by molar-refractivity contribution is 8.01. The van der Waals surface area contributed by atoms with Gasteiger partial charge in [-0.25, -0.2) is 29.9 Å². The molecule has 0 spiro atoms. The molecular formula is C25H26N10O9S3. The van der Waals surface area contributed by atoms with E-state index in [-0.39, 0.29) is 50.6 Å². The fourth-order valence-electron chi connectivity index (χ4n) is 4.48. The van der Waals surface area contributed by atoms with Gasteiger partial charge in [0.25, 0.3) is 17.7 Å². The zero-order chi connectivity index (χ0) is 34.2. The molecule has 3 amide bonds. The number of nitrogens with two attached hydrogens (primary N) is 2. The van der Waals surface area contributed by atoms with Gasteiger partial charge in [-0.15, -0.1) is 34.9 Å². The Morgan fingerprint density at radius 3 is 2.60 bits per heavy atom. The van der Waals surface area contributed by atoms with Crippen molar-refractivity contribution >= 4 is 81.0 Å². The zero-order valence-electron chi connectivity index (χ0n) is 24.4. The summed E-state index contributed by atoms with van der Waals surface area (Å²) in [5.41, 5.74) is 5.93. The molecule has 1 saturated heterocycles. The van der Waals surface area contributed by atoms with Gasteiger partial charge in [0.1, 0.15) is 33.4 Å². The first kappa shape index (κ1) is 33.6. The number of carbonyl (C=O) groups is 5. The monoisotopic (exact) mass is 706 g/mol. The Balaban J connectivity index is 1.35. The number of anilines is 1. The molecule has 2 aliphatic rings. The highest BCUT2D eigenvalue weighted by atomic mass is 32.2. The van der Waals surface area contributed by atoms with E-state index in [4.69, 9.17) is 16.4 Å². The largest absolute Gasteiger partial charge is 0.477 e. The first-order valence-corrected chi connectivity index (χ1v) is 16.2. The predicted octanol–water partition coefficient (Wildman–Crippen LogP) is -1.02. The van der Waals surface area contributed by atoms with Crippen LogP contribution < -0.4 is 22.3 Å². The van der Waals surface area contributed by atoms with E-state index in [0.29, 0.717) is 10.6 Å². The number of thiazole rings is 1. The number of aliphatic hydroxyl groups is 1. The fourth-order valence-corrected chi connectivity index (χ4v) is 7.43. The number of nitrogens with one attached hydrogen (secondary N) is 2. The summed E-state index contributed by atoms with van der Waals surface area (Å²) in [6.45, 7) is 2.26. The number of β-lactam (4-membered cyclic amide) rings is 1. The number of aliphatic carboxylic acids is 1. The number of aliphatic hydroxyl groups excluding tert-OH is 1. The van der Waals surface area contributed by atoms with Crippen molar-refractivity contribution in [3.05, 3.63) is 45.9 Å². The van der Waals surface area contributed by atoms with E-state index < -0.39 is 53.3 Å². The number of fused-ring (bicyclic) bond motifs is 2. The van der Waals surface area contributed by atoms with E-state index in [0.717, 1.165) is 34.2 Å². The van der Waals surface area contributed by atoms with Crippen LogP contribution in [-0.2, 0) is 30.6 Å². The number of hydrazine groups is 1. The molecule has 248 valence electrons. The number of oxime groups is 1. The number of amides is 3. The van der Waals surface area contributed by atoms with Crippen LogP contribution >= 0.6 is 34.9 Å². The number of carboxylic acids is 2. The highest BCUT2D eigenvalue weighted by Crippen LogP contribution is 2.41. The molecule has 0 bridgehead atoms. The summed E-state index contributed by atoms with van der Waals surface area (Å²) >= 11 is 3.32. The summed E-state index contributed by atoms with van der Waals surface area (Å²) in [6, 6.07) is 0.365. The second kappa shape index (κ2) is 13.2. The fraction of sp³-hybridized carbons (Fsp3) is 0.320. The summed E-state index contributed by atoms with van der Waals surface area (Å²) in [4.78, 5) is 77.4. The lowest BCUT2D eigenvalue weighted by atomic mass is 10.0. The average Bonchev–Trinajstić information content (AvgIpc) is 3.67. The molecule has 1 fully saturated rings. The van der Waals surface area contributed by atoms with Crippen molar-refractivity contribution < 1.29 is 44.1 Å². The van der Waals surface area contributed by atoms with Crippen LogP contribution in [0.3, 0.4) is 0 Å². The van der Waals surface area contributed by atoms with Gasteiger partial charge in [0.05, 0.1) is 18.5 Å². The van der Waals surface area contributed by atoms with Crippen molar-refractivity contribution in [2.75, 3.05) is 17.2 Å². The lowest BCUT2D eigenvalue weighted by Gasteiger charge is -2.49. The molecule has 0 radical (unpaired) electrons. The molecule has 19 nitrogen and oxygen atoms in total. The van der Waals surface area contributed by atoms with Crippen molar-refractivity contribution in [2.45, 2.75) is 42.5 Å². The van der Waals surface area contributed by atoms with Crippen LogP contribution in [0.5, 0.6) is 0 Å². The Kier molecular flexibility index (Phi) is 9.40. The second-order valence-corrected chi connectivity index (χ2v) is 13.3. The van der Waals surface area contributed by atoms with Crippen molar-refractivity contribution in [1.82, 2.24) is 35.2 Å². The van der Waals surface area contributed by atoms with Crippen molar-refractivity contribution in [3.63, 3.8) is 0 Å². The van der Waals surface area contributed by atoms with Crippen LogP contribution in [-0.4, -0.2) is 104 Å². The molecule has 2 atom stereocenters. The number of nitrogens with zero attached hydrogens (tertiary/aromatic N) is 6. The Labute approximate surface area is 276 Å².